The Hall–Kier alpha value is -1.55. The number of benzene rings is 1. The van der Waals surface area contributed by atoms with Gasteiger partial charge in [0, 0.05) is 0 Å². The smallest absolute Gasteiger partial charge is 0.118 e. The van der Waals surface area contributed by atoms with Crippen LogP contribution in [-0.4, -0.2) is 31.6 Å². The van der Waals surface area contributed by atoms with E-state index in [-0.39, 0.29) is 6.61 Å². The van der Waals surface area contributed by atoms with Gasteiger partial charge in [-0.2, -0.15) is 5.10 Å². The normalized spacial score (nSPS) is 10.4. The zero-order valence-corrected chi connectivity index (χ0v) is 8.10. The number of rotatable bonds is 5. The van der Waals surface area contributed by atoms with Gasteiger partial charge in [-0.1, -0.05) is 0 Å². The quantitative estimate of drug-likeness (QED) is 0.410. The molecular weight excluding hydrogens is 180 g/mol. The zero-order chi connectivity index (χ0) is 10.2. The van der Waals surface area contributed by atoms with Crippen LogP contribution in [0.25, 0.3) is 0 Å². The molecule has 0 spiro atoms. The molecule has 0 aliphatic heterocycles. The van der Waals surface area contributed by atoms with Crippen molar-refractivity contribution in [2.24, 2.45) is 5.10 Å². The molecule has 0 aliphatic carbocycles. The molecule has 76 valence electrons. The largest absolute Gasteiger partial charge is 0.497 e. The van der Waals surface area contributed by atoms with Crippen LogP contribution < -0.4 is 10.2 Å². The summed E-state index contributed by atoms with van der Waals surface area (Å²) < 4.78 is 5.02. The van der Waals surface area contributed by atoms with E-state index in [4.69, 9.17) is 9.84 Å². The molecule has 0 fully saturated rings. The van der Waals surface area contributed by atoms with Crippen LogP contribution in [0.2, 0.25) is 0 Å². The maximum atomic E-state index is 8.48. The first-order valence-corrected chi connectivity index (χ1v) is 4.37. The molecule has 0 aromatic heterocycles. The molecule has 2 N–H and O–H groups in total. The van der Waals surface area contributed by atoms with Gasteiger partial charge in [-0.15, -0.1) is 0 Å². The third kappa shape index (κ3) is 3.45. The first-order chi connectivity index (χ1) is 6.86. The van der Waals surface area contributed by atoms with Crippen molar-refractivity contribution in [2.45, 2.75) is 0 Å². The highest BCUT2D eigenvalue weighted by atomic mass is 16.5. The van der Waals surface area contributed by atoms with Gasteiger partial charge in [0.1, 0.15) is 5.75 Å². The van der Waals surface area contributed by atoms with Crippen LogP contribution in [-0.2, 0) is 0 Å². The molecule has 0 unspecified atom stereocenters. The second-order valence-corrected chi connectivity index (χ2v) is 2.66. The van der Waals surface area contributed by atoms with Crippen molar-refractivity contribution in [1.29, 1.82) is 0 Å². The predicted octanol–water partition coefficient (Wildman–Crippen LogP) is 0.611. The van der Waals surface area contributed by atoms with Crippen molar-refractivity contribution in [2.75, 3.05) is 20.3 Å². The summed E-state index contributed by atoms with van der Waals surface area (Å²) in [5.74, 6) is 0.825. The number of aliphatic hydroxyl groups excluding tert-OH is 1. The molecule has 14 heavy (non-hydrogen) atoms. The number of hydrogen-bond acceptors (Lipinski definition) is 4. The Bertz CT molecular complexity index is 283. The summed E-state index contributed by atoms with van der Waals surface area (Å²) >= 11 is 0. The van der Waals surface area contributed by atoms with Crippen LogP contribution in [0.15, 0.2) is 29.4 Å². The summed E-state index contributed by atoms with van der Waals surface area (Å²) in [6.45, 7) is 0.548. The molecule has 0 saturated carbocycles. The monoisotopic (exact) mass is 194 g/mol. The number of hydrazone groups is 1. The fourth-order valence-electron chi connectivity index (χ4n) is 0.925. The lowest BCUT2D eigenvalue weighted by Crippen LogP contribution is -2.11. The minimum absolute atomic E-state index is 0.0833. The van der Waals surface area contributed by atoms with Gasteiger partial charge in [0.2, 0.25) is 0 Å². The van der Waals surface area contributed by atoms with Crippen LogP contribution >= 0.6 is 0 Å². The predicted molar refractivity (Wildman–Crippen MR) is 55.7 cm³/mol. The minimum atomic E-state index is 0.0833. The number of ether oxygens (including phenoxy) is 1. The van der Waals surface area contributed by atoms with E-state index in [2.05, 4.69) is 10.5 Å². The number of hydrogen-bond donors (Lipinski definition) is 2. The minimum Gasteiger partial charge on any atom is -0.497 e. The van der Waals surface area contributed by atoms with E-state index < -0.39 is 0 Å². The van der Waals surface area contributed by atoms with Crippen molar-refractivity contribution >= 4 is 6.21 Å². The first-order valence-electron chi connectivity index (χ1n) is 4.37. The van der Waals surface area contributed by atoms with E-state index in [9.17, 15) is 0 Å². The highest BCUT2D eigenvalue weighted by molar-refractivity contribution is 5.79. The third-order valence-corrected chi connectivity index (χ3v) is 1.64. The van der Waals surface area contributed by atoms with Crippen molar-refractivity contribution in [3.8, 4) is 5.75 Å². The molecule has 1 rings (SSSR count). The molecule has 0 saturated heterocycles. The molecule has 0 atom stereocenters. The Morgan fingerprint density at radius 1 is 1.43 bits per heavy atom. The SMILES string of the molecule is COc1ccc(C=NNCCO)cc1. The molecule has 0 bridgehead atoms. The van der Waals surface area contributed by atoms with Crippen LogP contribution in [0, 0.1) is 0 Å². The highest BCUT2D eigenvalue weighted by Gasteiger charge is 1.89. The summed E-state index contributed by atoms with van der Waals surface area (Å²) in [5, 5.41) is 12.4. The average Bonchev–Trinajstić information content (AvgIpc) is 2.25. The van der Waals surface area contributed by atoms with E-state index in [0.717, 1.165) is 11.3 Å². The first kappa shape index (κ1) is 10.5. The number of nitrogens with zero attached hydrogens (tertiary/aromatic N) is 1. The summed E-state index contributed by atoms with van der Waals surface area (Å²) in [6.07, 6.45) is 1.69. The maximum absolute atomic E-state index is 8.48. The van der Waals surface area contributed by atoms with Gasteiger partial charge >= 0.3 is 0 Å². The number of aliphatic hydroxyl groups is 1. The molecule has 0 amide bonds. The maximum Gasteiger partial charge on any atom is 0.118 e. The molecular formula is C10H14N2O2. The van der Waals surface area contributed by atoms with Gasteiger partial charge in [-0.05, 0) is 29.8 Å². The lowest BCUT2D eigenvalue weighted by molar-refractivity contribution is 0.294. The van der Waals surface area contributed by atoms with E-state index in [1.807, 2.05) is 24.3 Å². The molecule has 0 radical (unpaired) electrons. The number of nitrogens with one attached hydrogen (secondary N) is 1. The van der Waals surface area contributed by atoms with Gasteiger partial charge in [0.25, 0.3) is 0 Å². The van der Waals surface area contributed by atoms with E-state index in [1.54, 1.807) is 13.3 Å². The highest BCUT2D eigenvalue weighted by Crippen LogP contribution is 2.09. The van der Waals surface area contributed by atoms with E-state index in [0.29, 0.717) is 6.54 Å². The Morgan fingerprint density at radius 3 is 2.71 bits per heavy atom. The summed E-state index contributed by atoms with van der Waals surface area (Å²) in [5.41, 5.74) is 3.68. The molecule has 1 aromatic carbocycles. The zero-order valence-electron chi connectivity index (χ0n) is 8.10. The fourth-order valence-corrected chi connectivity index (χ4v) is 0.925. The van der Waals surface area contributed by atoms with Gasteiger partial charge in [0.15, 0.2) is 0 Å². The lowest BCUT2D eigenvalue weighted by Gasteiger charge is -1.99. The van der Waals surface area contributed by atoms with Crippen LogP contribution in [0.4, 0.5) is 0 Å². The van der Waals surface area contributed by atoms with Gasteiger partial charge in [-0.3, -0.25) is 0 Å². The number of methoxy groups -OCH3 is 1. The van der Waals surface area contributed by atoms with Crippen molar-refractivity contribution in [3.63, 3.8) is 0 Å². The van der Waals surface area contributed by atoms with Gasteiger partial charge < -0.3 is 15.3 Å². The van der Waals surface area contributed by atoms with Gasteiger partial charge in [-0.25, -0.2) is 0 Å². The summed E-state index contributed by atoms with van der Waals surface area (Å²) in [4.78, 5) is 0. The molecule has 4 nitrogen and oxygen atoms in total. The lowest BCUT2D eigenvalue weighted by atomic mass is 10.2. The van der Waals surface area contributed by atoms with Crippen molar-refractivity contribution in [3.05, 3.63) is 29.8 Å². The Kier molecular flexibility index (Phi) is 4.50. The third-order valence-electron chi connectivity index (χ3n) is 1.64. The van der Waals surface area contributed by atoms with Gasteiger partial charge in [0.05, 0.1) is 26.5 Å². The summed E-state index contributed by atoms with van der Waals surface area (Å²) in [7, 11) is 1.63. The average molecular weight is 194 g/mol. The van der Waals surface area contributed by atoms with Crippen LogP contribution in [0.3, 0.4) is 0 Å². The fraction of sp³-hybridized carbons (Fsp3) is 0.300. The second kappa shape index (κ2) is 5.99. The van der Waals surface area contributed by atoms with E-state index in [1.165, 1.54) is 0 Å². The Balaban J connectivity index is 2.47. The second-order valence-electron chi connectivity index (χ2n) is 2.66. The Morgan fingerprint density at radius 2 is 2.14 bits per heavy atom. The molecule has 4 heteroatoms. The van der Waals surface area contributed by atoms with Crippen LogP contribution in [0.1, 0.15) is 5.56 Å². The Labute approximate surface area is 83.2 Å². The topological polar surface area (TPSA) is 53.8 Å². The van der Waals surface area contributed by atoms with Crippen molar-refractivity contribution in [1.82, 2.24) is 5.43 Å². The summed E-state index contributed by atoms with van der Waals surface area (Å²) in [6, 6.07) is 7.55. The molecule has 0 heterocycles. The molecule has 0 aliphatic rings. The van der Waals surface area contributed by atoms with E-state index >= 15 is 0 Å². The molecule has 1 aromatic rings. The van der Waals surface area contributed by atoms with Crippen LogP contribution in [0.5, 0.6) is 5.75 Å². The standard InChI is InChI=1S/C10H14N2O2/c1-14-10-4-2-9(3-5-10)8-12-11-6-7-13/h2-5,8,11,13H,6-7H2,1H3. The van der Waals surface area contributed by atoms with Crippen molar-refractivity contribution < 1.29 is 9.84 Å².